The van der Waals surface area contributed by atoms with Crippen LogP contribution in [0, 0.1) is 0 Å². The normalized spacial score (nSPS) is 19.4. The first-order valence-electron chi connectivity index (χ1n) is 8.32. The highest BCUT2D eigenvalue weighted by Gasteiger charge is 2.30. The van der Waals surface area contributed by atoms with Gasteiger partial charge in [-0.1, -0.05) is 23.7 Å². The van der Waals surface area contributed by atoms with E-state index in [1.54, 1.807) is 24.1 Å². The molecule has 0 radical (unpaired) electrons. The molecule has 1 aliphatic rings. The topological polar surface area (TPSA) is 67.5 Å². The lowest BCUT2D eigenvalue weighted by molar-refractivity contribution is -0.00701. The molecule has 2 aromatic rings. The number of aromatic amines is 1. The highest BCUT2D eigenvalue weighted by atomic mass is 35.5. The zero-order chi connectivity index (χ0) is 18.0. The van der Waals surface area contributed by atoms with Gasteiger partial charge in [0.2, 0.25) is 0 Å². The van der Waals surface area contributed by atoms with Crippen LogP contribution in [0.15, 0.2) is 24.3 Å². The smallest absolute Gasteiger partial charge is 0.274 e. The number of carbonyl (C=O) groups is 1. The number of aromatic nitrogens is 2. The molecule has 25 heavy (non-hydrogen) atoms. The van der Waals surface area contributed by atoms with Crippen molar-refractivity contribution >= 4 is 17.5 Å². The van der Waals surface area contributed by atoms with Gasteiger partial charge in [0, 0.05) is 19.0 Å². The lowest BCUT2D eigenvalue weighted by atomic mass is 9.99. The second-order valence-electron chi connectivity index (χ2n) is 6.26. The molecule has 0 spiro atoms. The Morgan fingerprint density at radius 3 is 2.96 bits per heavy atom. The van der Waals surface area contributed by atoms with Gasteiger partial charge < -0.3 is 14.4 Å². The van der Waals surface area contributed by atoms with Crippen molar-refractivity contribution in [2.45, 2.75) is 32.5 Å². The van der Waals surface area contributed by atoms with E-state index < -0.39 is 0 Å². The Kier molecular flexibility index (Phi) is 5.30. The molecule has 2 heterocycles. The number of nitrogens with one attached hydrogen (secondary N) is 1. The summed E-state index contributed by atoms with van der Waals surface area (Å²) < 4.78 is 11.4. The molecule has 3 rings (SSSR count). The molecule has 0 saturated carbocycles. The van der Waals surface area contributed by atoms with Gasteiger partial charge in [-0.2, -0.15) is 5.10 Å². The molecule has 1 N–H and O–H groups in total. The fourth-order valence-electron chi connectivity index (χ4n) is 2.99. The van der Waals surface area contributed by atoms with E-state index in [0.717, 1.165) is 11.3 Å². The molecule has 134 valence electrons. The number of rotatable bonds is 5. The van der Waals surface area contributed by atoms with Gasteiger partial charge in [-0.3, -0.25) is 9.89 Å². The Labute approximate surface area is 152 Å². The van der Waals surface area contributed by atoms with E-state index in [1.807, 2.05) is 26.0 Å². The summed E-state index contributed by atoms with van der Waals surface area (Å²) in [7, 11) is 1.74. The van der Waals surface area contributed by atoms with Crippen LogP contribution in [0.4, 0.5) is 0 Å². The molecule has 0 aliphatic carbocycles. The van der Waals surface area contributed by atoms with E-state index in [0.29, 0.717) is 36.0 Å². The minimum atomic E-state index is -0.124. The van der Waals surface area contributed by atoms with Crippen LogP contribution >= 0.6 is 11.6 Å². The summed E-state index contributed by atoms with van der Waals surface area (Å²) in [6.07, 6.45) is 0.670. The van der Waals surface area contributed by atoms with Crippen LogP contribution in [0.1, 0.15) is 41.7 Å². The maximum Gasteiger partial charge on any atom is 0.274 e. The summed E-state index contributed by atoms with van der Waals surface area (Å²) in [5, 5.41) is 7.73. The molecule has 7 heteroatoms. The van der Waals surface area contributed by atoms with Crippen LogP contribution in [0.25, 0.3) is 0 Å². The number of amides is 1. The monoisotopic (exact) mass is 363 g/mol. The molecule has 0 bridgehead atoms. The number of nitrogens with zero attached hydrogens (tertiary/aromatic N) is 2. The summed E-state index contributed by atoms with van der Waals surface area (Å²) in [5.74, 6) is 0.489. The van der Waals surface area contributed by atoms with Gasteiger partial charge in [-0.05, 0) is 26.0 Å². The molecule has 1 aromatic heterocycles. The lowest BCUT2D eigenvalue weighted by Gasteiger charge is -2.25. The largest absolute Gasteiger partial charge is 0.490 e. The van der Waals surface area contributed by atoms with Crippen molar-refractivity contribution in [3.8, 4) is 5.75 Å². The third kappa shape index (κ3) is 3.80. The Hall–Kier alpha value is -2.05. The van der Waals surface area contributed by atoms with Gasteiger partial charge in [0.1, 0.15) is 12.4 Å². The highest BCUT2D eigenvalue weighted by molar-refractivity contribution is 6.32. The first-order chi connectivity index (χ1) is 12.0. The molecule has 0 fully saturated rings. The van der Waals surface area contributed by atoms with Crippen LogP contribution in [0.2, 0.25) is 5.02 Å². The predicted octanol–water partition coefficient (Wildman–Crippen LogP) is 3.24. The van der Waals surface area contributed by atoms with E-state index in [-0.39, 0.29) is 18.1 Å². The first-order valence-corrected chi connectivity index (χ1v) is 8.70. The summed E-state index contributed by atoms with van der Waals surface area (Å²) in [4.78, 5) is 14.3. The fourth-order valence-corrected chi connectivity index (χ4v) is 3.18. The van der Waals surface area contributed by atoms with E-state index >= 15 is 0 Å². The van der Waals surface area contributed by atoms with Gasteiger partial charge in [-0.25, -0.2) is 0 Å². The highest BCUT2D eigenvalue weighted by Crippen LogP contribution is 2.30. The number of hydrogen-bond donors (Lipinski definition) is 1. The van der Waals surface area contributed by atoms with Gasteiger partial charge >= 0.3 is 0 Å². The Balaban J connectivity index is 1.63. The Morgan fingerprint density at radius 2 is 2.20 bits per heavy atom. The average Bonchev–Trinajstić information content (AvgIpc) is 2.99. The second kappa shape index (κ2) is 7.45. The number of fused-ring (bicyclic) bond motifs is 1. The molecule has 0 unspecified atom stereocenters. The lowest BCUT2D eigenvalue weighted by Crippen LogP contribution is -2.32. The quantitative estimate of drug-likeness (QED) is 0.885. The number of carbonyl (C=O) groups excluding carboxylic acids is 1. The number of H-pyrrole nitrogens is 1. The van der Waals surface area contributed by atoms with Crippen molar-refractivity contribution in [1.82, 2.24) is 15.1 Å². The van der Waals surface area contributed by atoms with Crippen LogP contribution in [0.5, 0.6) is 5.75 Å². The van der Waals surface area contributed by atoms with Crippen LogP contribution in [0.3, 0.4) is 0 Å². The SMILES string of the molecule is C[C@@H]1Cc2c(C(=O)N(C)CCOc3ccccc3Cl)n[nH]c2[C@H](C)O1. The van der Waals surface area contributed by atoms with Crippen molar-refractivity contribution in [3.63, 3.8) is 0 Å². The number of benzene rings is 1. The van der Waals surface area contributed by atoms with Crippen molar-refractivity contribution in [2.24, 2.45) is 0 Å². The zero-order valence-corrected chi connectivity index (χ0v) is 15.3. The van der Waals surface area contributed by atoms with Gasteiger partial charge in [-0.15, -0.1) is 0 Å². The van der Waals surface area contributed by atoms with Crippen molar-refractivity contribution in [2.75, 3.05) is 20.2 Å². The number of hydrogen-bond acceptors (Lipinski definition) is 4. The Bertz CT molecular complexity index is 762. The molecule has 1 aliphatic heterocycles. The summed E-state index contributed by atoms with van der Waals surface area (Å²) >= 11 is 6.06. The standard InChI is InChI=1S/C18H22ClN3O3/c1-11-10-13-16(12(2)25-11)20-21-17(13)18(23)22(3)8-9-24-15-7-5-4-6-14(15)19/h4-7,11-12H,8-10H2,1-3H3,(H,20,21)/t11-,12+/m1/s1. The van der Waals surface area contributed by atoms with Crippen molar-refractivity contribution < 1.29 is 14.3 Å². The number of likely N-dealkylation sites (N-methyl/N-ethyl adjacent to an activating group) is 1. The van der Waals surface area contributed by atoms with Crippen molar-refractivity contribution in [3.05, 3.63) is 46.2 Å². The van der Waals surface area contributed by atoms with Gasteiger partial charge in [0.05, 0.1) is 29.5 Å². The third-order valence-corrected chi connectivity index (χ3v) is 4.62. The third-order valence-electron chi connectivity index (χ3n) is 4.30. The predicted molar refractivity (Wildman–Crippen MR) is 95.2 cm³/mol. The Morgan fingerprint density at radius 1 is 1.44 bits per heavy atom. The number of para-hydroxylation sites is 1. The van der Waals surface area contributed by atoms with E-state index in [4.69, 9.17) is 21.1 Å². The summed E-state index contributed by atoms with van der Waals surface area (Å²) in [6.45, 7) is 4.76. The van der Waals surface area contributed by atoms with Crippen LogP contribution < -0.4 is 4.74 Å². The molecule has 1 aromatic carbocycles. The molecule has 2 atom stereocenters. The maximum atomic E-state index is 12.7. The molecule has 1 amide bonds. The van der Waals surface area contributed by atoms with Crippen molar-refractivity contribution in [1.29, 1.82) is 0 Å². The van der Waals surface area contributed by atoms with Gasteiger partial charge in [0.15, 0.2) is 5.69 Å². The minimum Gasteiger partial charge on any atom is -0.490 e. The summed E-state index contributed by atoms with van der Waals surface area (Å²) in [5.41, 5.74) is 2.31. The number of halogens is 1. The van der Waals surface area contributed by atoms with E-state index in [9.17, 15) is 4.79 Å². The first kappa shape index (κ1) is 17.8. The van der Waals surface area contributed by atoms with Crippen LogP contribution in [-0.4, -0.2) is 47.3 Å². The number of ether oxygens (including phenoxy) is 2. The minimum absolute atomic E-state index is 0.0699. The zero-order valence-electron chi connectivity index (χ0n) is 14.6. The molecule has 0 saturated heterocycles. The van der Waals surface area contributed by atoms with Crippen LogP contribution in [-0.2, 0) is 11.2 Å². The molecular formula is C18H22ClN3O3. The summed E-state index contributed by atoms with van der Waals surface area (Å²) in [6, 6.07) is 7.27. The molecular weight excluding hydrogens is 342 g/mol. The van der Waals surface area contributed by atoms with E-state index in [2.05, 4.69) is 10.2 Å². The van der Waals surface area contributed by atoms with E-state index in [1.165, 1.54) is 0 Å². The fraction of sp³-hybridized carbons (Fsp3) is 0.444. The van der Waals surface area contributed by atoms with Gasteiger partial charge in [0.25, 0.3) is 5.91 Å². The average molecular weight is 364 g/mol. The second-order valence-corrected chi connectivity index (χ2v) is 6.67. The maximum absolute atomic E-state index is 12.7. The molecule has 6 nitrogen and oxygen atoms in total.